The second-order valence-corrected chi connectivity index (χ2v) is 10.6. The van der Waals surface area contributed by atoms with E-state index >= 15 is 0 Å². The Morgan fingerprint density at radius 3 is 2.19 bits per heavy atom. The van der Waals surface area contributed by atoms with E-state index in [9.17, 15) is 13.2 Å². The molecule has 166 valence electrons. The van der Waals surface area contributed by atoms with Crippen LogP contribution in [-0.2, 0) is 10.0 Å². The van der Waals surface area contributed by atoms with Crippen molar-refractivity contribution >= 4 is 33.3 Å². The van der Waals surface area contributed by atoms with Crippen molar-refractivity contribution in [3.63, 3.8) is 0 Å². The third-order valence-electron chi connectivity index (χ3n) is 6.08. The maximum atomic E-state index is 12.9. The molecule has 1 aromatic carbocycles. The van der Waals surface area contributed by atoms with Crippen LogP contribution in [0.5, 0.6) is 0 Å². The molecule has 1 aromatic heterocycles. The highest BCUT2D eigenvalue weighted by atomic mass is 35.5. The smallest absolute Gasteiger partial charge is 0.253 e. The monoisotopic (exact) mass is 462 g/mol. The number of piperidine rings is 1. The number of carbonyl (C=O) groups is 1. The van der Waals surface area contributed by atoms with Crippen LogP contribution < -0.4 is 4.90 Å². The van der Waals surface area contributed by atoms with Gasteiger partial charge in [-0.2, -0.15) is 4.31 Å². The lowest BCUT2D eigenvalue weighted by molar-refractivity contribution is 0.0746. The molecule has 7 nitrogen and oxygen atoms in total. The summed E-state index contributed by atoms with van der Waals surface area (Å²) in [5, 5.41) is 0.595. The molecule has 0 spiro atoms. The number of amides is 1. The van der Waals surface area contributed by atoms with E-state index in [4.69, 9.17) is 11.6 Å². The molecule has 0 unspecified atom stereocenters. The normalized spacial score (nSPS) is 18.9. The fourth-order valence-corrected chi connectivity index (χ4v) is 5.60. The van der Waals surface area contributed by atoms with Gasteiger partial charge in [0.25, 0.3) is 5.91 Å². The van der Waals surface area contributed by atoms with Crippen LogP contribution in [0.25, 0.3) is 0 Å². The summed E-state index contributed by atoms with van der Waals surface area (Å²) in [6.07, 6.45) is 3.38. The Labute approximate surface area is 188 Å². The van der Waals surface area contributed by atoms with Crippen molar-refractivity contribution in [2.75, 3.05) is 44.2 Å². The van der Waals surface area contributed by atoms with Gasteiger partial charge in [-0.25, -0.2) is 13.4 Å². The molecule has 0 saturated carbocycles. The molecule has 3 heterocycles. The fourth-order valence-electron chi connectivity index (χ4n) is 4.02. The molecule has 4 rings (SSSR count). The third-order valence-corrected chi connectivity index (χ3v) is 8.22. The molecule has 0 N–H and O–H groups in total. The van der Waals surface area contributed by atoms with E-state index in [2.05, 4.69) is 16.8 Å². The number of pyridine rings is 1. The standard InChI is InChI=1S/C22H27ClN4O3S/c1-17-8-10-27(11-9-17)31(29,30)20-5-2-18(3-6-20)22(28)26-14-12-25(13-15-26)21-7-4-19(23)16-24-21/h2-7,16-17H,8-15H2,1H3. The van der Waals surface area contributed by atoms with E-state index < -0.39 is 10.0 Å². The van der Waals surface area contributed by atoms with Crippen LogP contribution in [0.15, 0.2) is 47.5 Å². The van der Waals surface area contributed by atoms with Crippen molar-refractivity contribution in [2.45, 2.75) is 24.7 Å². The van der Waals surface area contributed by atoms with Crippen molar-refractivity contribution in [3.8, 4) is 0 Å². The minimum absolute atomic E-state index is 0.0838. The summed E-state index contributed by atoms with van der Waals surface area (Å²) in [4.78, 5) is 21.4. The average Bonchev–Trinajstić information content (AvgIpc) is 2.80. The van der Waals surface area contributed by atoms with Gasteiger partial charge < -0.3 is 9.80 Å². The topological polar surface area (TPSA) is 73.8 Å². The van der Waals surface area contributed by atoms with Gasteiger partial charge in [-0.3, -0.25) is 4.79 Å². The van der Waals surface area contributed by atoms with E-state index in [0.29, 0.717) is 55.8 Å². The van der Waals surface area contributed by atoms with Crippen LogP contribution >= 0.6 is 11.6 Å². The van der Waals surface area contributed by atoms with Crippen LogP contribution in [0, 0.1) is 5.92 Å². The Kier molecular flexibility index (Phi) is 6.50. The Morgan fingerprint density at radius 1 is 0.968 bits per heavy atom. The fraction of sp³-hybridized carbons (Fsp3) is 0.455. The Hall–Kier alpha value is -2.16. The highest BCUT2D eigenvalue weighted by Crippen LogP contribution is 2.24. The van der Waals surface area contributed by atoms with Crippen molar-refractivity contribution in [1.29, 1.82) is 0 Å². The van der Waals surface area contributed by atoms with Crippen molar-refractivity contribution in [1.82, 2.24) is 14.2 Å². The Bertz CT molecular complexity index is 1010. The SMILES string of the molecule is CC1CCN(S(=O)(=O)c2ccc(C(=O)N3CCN(c4ccc(Cl)cn4)CC3)cc2)CC1. The highest BCUT2D eigenvalue weighted by molar-refractivity contribution is 7.89. The molecular formula is C22H27ClN4O3S. The van der Waals surface area contributed by atoms with Gasteiger partial charge in [0.2, 0.25) is 10.0 Å². The molecular weight excluding hydrogens is 436 g/mol. The lowest BCUT2D eigenvalue weighted by atomic mass is 10.0. The maximum absolute atomic E-state index is 12.9. The number of sulfonamides is 1. The minimum Gasteiger partial charge on any atom is -0.353 e. The predicted octanol–water partition coefficient (Wildman–Crippen LogP) is 3.12. The molecule has 31 heavy (non-hydrogen) atoms. The zero-order valence-corrected chi connectivity index (χ0v) is 19.1. The summed E-state index contributed by atoms with van der Waals surface area (Å²) in [7, 11) is -3.51. The van der Waals surface area contributed by atoms with Gasteiger partial charge in [0.15, 0.2) is 0 Å². The van der Waals surface area contributed by atoms with Gasteiger partial charge in [0.05, 0.1) is 9.92 Å². The number of hydrogen-bond acceptors (Lipinski definition) is 5. The lowest BCUT2D eigenvalue weighted by Gasteiger charge is -2.35. The number of carbonyl (C=O) groups excluding carboxylic acids is 1. The zero-order valence-electron chi connectivity index (χ0n) is 17.6. The first kappa shape index (κ1) is 22.0. The van der Waals surface area contributed by atoms with Crippen molar-refractivity contribution in [2.24, 2.45) is 5.92 Å². The maximum Gasteiger partial charge on any atom is 0.253 e. The first-order chi connectivity index (χ1) is 14.8. The highest BCUT2D eigenvalue weighted by Gasteiger charge is 2.28. The summed E-state index contributed by atoms with van der Waals surface area (Å²) in [5.41, 5.74) is 0.504. The first-order valence-corrected chi connectivity index (χ1v) is 12.4. The summed E-state index contributed by atoms with van der Waals surface area (Å²) in [5.74, 6) is 1.32. The predicted molar refractivity (Wildman–Crippen MR) is 121 cm³/mol. The average molecular weight is 463 g/mol. The Balaban J connectivity index is 1.38. The summed E-state index contributed by atoms with van der Waals surface area (Å²) < 4.78 is 27.3. The van der Waals surface area contributed by atoms with E-state index in [0.717, 1.165) is 18.7 Å². The summed E-state index contributed by atoms with van der Waals surface area (Å²) >= 11 is 5.90. The van der Waals surface area contributed by atoms with Gasteiger partial charge >= 0.3 is 0 Å². The third kappa shape index (κ3) is 4.86. The van der Waals surface area contributed by atoms with Gasteiger partial charge in [-0.05, 0) is 55.2 Å². The molecule has 0 bridgehead atoms. The number of nitrogens with zero attached hydrogens (tertiary/aromatic N) is 4. The van der Waals surface area contributed by atoms with Crippen LogP contribution in [0.3, 0.4) is 0 Å². The first-order valence-electron chi connectivity index (χ1n) is 10.6. The molecule has 1 amide bonds. The van der Waals surface area contributed by atoms with Gasteiger partial charge in [-0.1, -0.05) is 18.5 Å². The molecule has 2 saturated heterocycles. The van der Waals surface area contributed by atoms with Gasteiger partial charge in [-0.15, -0.1) is 0 Å². The number of benzene rings is 1. The molecule has 2 fully saturated rings. The second-order valence-electron chi connectivity index (χ2n) is 8.22. The summed E-state index contributed by atoms with van der Waals surface area (Å²) in [6.45, 7) is 5.77. The second kappa shape index (κ2) is 9.14. The zero-order chi connectivity index (χ0) is 22.0. The van der Waals surface area contributed by atoms with E-state index in [1.54, 1.807) is 39.7 Å². The number of hydrogen-bond donors (Lipinski definition) is 0. The minimum atomic E-state index is -3.51. The van der Waals surface area contributed by atoms with Crippen molar-refractivity contribution in [3.05, 3.63) is 53.2 Å². The molecule has 2 aromatic rings. The Morgan fingerprint density at radius 2 is 1.61 bits per heavy atom. The number of halogens is 1. The van der Waals surface area contributed by atoms with Crippen LogP contribution in [0.2, 0.25) is 5.02 Å². The van der Waals surface area contributed by atoms with E-state index in [-0.39, 0.29) is 10.8 Å². The van der Waals surface area contributed by atoms with E-state index in [1.807, 2.05) is 12.1 Å². The van der Waals surface area contributed by atoms with Crippen LogP contribution in [0.4, 0.5) is 5.82 Å². The number of aromatic nitrogens is 1. The molecule has 0 radical (unpaired) electrons. The summed E-state index contributed by atoms with van der Waals surface area (Å²) in [6, 6.07) is 10.0. The molecule has 0 aliphatic carbocycles. The van der Waals surface area contributed by atoms with Crippen molar-refractivity contribution < 1.29 is 13.2 Å². The number of piperazine rings is 1. The molecule has 2 aliphatic heterocycles. The number of rotatable bonds is 4. The molecule has 0 atom stereocenters. The lowest BCUT2D eigenvalue weighted by Crippen LogP contribution is -2.49. The largest absolute Gasteiger partial charge is 0.353 e. The molecule has 9 heteroatoms. The van der Waals surface area contributed by atoms with Gasteiger partial charge in [0, 0.05) is 51.0 Å². The van der Waals surface area contributed by atoms with E-state index in [1.165, 1.54) is 0 Å². The van der Waals surface area contributed by atoms with Crippen LogP contribution in [-0.4, -0.2) is 67.8 Å². The van der Waals surface area contributed by atoms with Gasteiger partial charge in [0.1, 0.15) is 5.82 Å². The number of anilines is 1. The quantitative estimate of drug-likeness (QED) is 0.698. The molecule has 2 aliphatic rings. The van der Waals surface area contributed by atoms with Crippen LogP contribution in [0.1, 0.15) is 30.1 Å².